The third-order valence-electron chi connectivity index (χ3n) is 1.28. The van der Waals surface area contributed by atoms with Gasteiger partial charge in [-0.05, 0) is 6.42 Å². The first-order chi connectivity index (χ1) is 6.88. The molecule has 0 aliphatic carbocycles. The van der Waals surface area contributed by atoms with Gasteiger partial charge < -0.3 is 9.67 Å². The number of alkyl halides is 3. The molecule has 1 N–H and O–H groups in total. The molecule has 1 heterocycles. The maximum atomic E-state index is 10.6. The largest absolute Gasteiger partial charge is 0.490 e. The number of aliphatic carboxylic acids is 1. The summed E-state index contributed by atoms with van der Waals surface area (Å²) in [6, 6.07) is 0. The zero-order valence-corrected chi connectivity index (χ0v) is 8.03. The number of carboxylic acids is 1. The van der Waals surface area contributed by atoms with Gasteiger partial charge in [0.1, 0.15) is 0 Å². The first-order valence-corrected chi connectivity index (χ1v) is 4.13. The summed E-state index contributed by atoms with van der Waals surface area (Å²) in [5, 5.41) is 7.12. The SMILES string of the molecule is CCCn1ccnc1.O=C(O)C(F)(F)F. The Balaban J connectivity index is 0.000000265. The van der Waals surface area contributed by atoms with Crippen LogP contribution in [0.3, 0.4) is 0 Å². The van der Waals surface area contributed by atoms with Crippen LogP contribution in [0.25, 0.3) is 0 Å². The molecule has 1 aromatic rings. The van der Waals surface area contributed by atoms with Crippen molar-refractivity contribution in [2.75, 3.05) is 0 Å². The van der Waals surface area contributed by atoms with Gasteiger partial charge in [0.25, 0.3) is 0 Å². The van der Waals surface area contributed by atoms with Crippen molar-refractivity contribution in [3.05, 3.63) is 18.7 Å². The van der Waals surface area contributed by atoms with E-state index in [2.05, 4.69) is 16.5 Å². The second-order valence-corrected chi connectivity index (χ2v) is 2.60. The van der Waals surface area contributed by atoms with Gasteiger partial charge in [-0.3, -0.25) is 0 Å². The molecule has 0 aliphatic rings. The maximum absolute atomic E-state index is 10.6. The van der Waals surface area contributed by atoms with Crippen molar-refractivity contribution in [1.29, 1.82) is 0 Å². The first kappa shape index (κ1) is 13.5. The van der Waals surface area contributed by atoms with Crippen molar-refractivity contribution >= 4 is 5.97 Å². The van der Waals surface area contributed by atoms with E-state index in [4.69, 9.17) is 9.90 Å². The van der Waals surface area contributed by atoms with Crippen molar-refractivity contribution in [3.63, 3.8) is 0 Å². The summed E-state index contributed by atoms with van der Waals surface area (Å²) < 4.78 is 33.8. The number of hydrogen-bond donors (Lipinski definition) is 1. The van der Waals surface area contributed by atoms with Gasteiger partial charge in [0.15, 0.2) is 0 Å². The maximum Gasteiger partial charge on any atom is 0.490 e. The lowest BCUT2D eigenvalue weighted by Crippen LogP contribution is -2.21. The van der Waals surface area contributed by atoms with Gasteiger partial charge in [-0.25, -0.2) is 9.78 Å². The summed E-state index contributed by atoms with van der Waals surface area (Å²) in [7, 11) is 0. The smallest absolute Gasteiger partial charge is 0.475 e. The van der Waals surface area contributed by atoms with Crippen molar-refractivity contribution in [2.45, 2.75) is 26.1 Å². The van der Waals surface area contributed by atoms with Crippen molar-refractivity contribution < 1.29 is 23.1 Å². The molecule has 86 valence electrons. The zero-order chi connectivity index (χ0) is 11.9. The van der Waals surface area contributed by atoms with Crippen LogP contribution in [-0.4, -0.2) is 26.8 Å². The van der Waals surface area contributed by atoms with Crippen LogP contribution >= 0.6 is 0 Å². The molecule has 4 nitrogen and oxygen atoms in total. The summed E-state index contributed by atoms with van der Waals surface area (Å²) in [4.78, 5) is 12.8. The van der Waals surface area contributed by atoms with Gasteiger partial charge >= 0.3 is 12.1 Å². The molecular formula is C8H11F3N2O2. The summed E-state index contributed by atoms with van der Waals surface area (Å²) >= 11 is 0. The summed E-state index contributed by atoms with van der Waals surface area (Å²) in [5.41, 5.74) is 0. The molecule has 0 aromatic carbocycles. The molecule has 0 radical (unpaired) electrons. The third kappa shape index (κ3) is 6.53. The summed E-state index contributed by atoms with van der Waals surface area (Å²) in [5.74, 6) is -2.76. The Hall–Kier alpha value is -1.53. The minimum Gasteiger partial charge on any atom is -0.475 e. The Morgan fingerprint density at radius 2 is 2.07 bits per heavy atom. The molecule has 15 heavy (non-hydrogen) atoms. The number of halogens is 3. The molecule has 0 saturated carbocycles. The number of aryl methyl sites for hydroxylation is 1. The summed E-state index contributed by atoms with van der Waals surface area (Å²) in [6.45, 7) is 3.24. The molecule has 0 fully saturated rings. The van der Waals surface area contributed by atoms with Crippen LogP contribution in [0, 0.1) is 0 Å². The molecule has 0 unspecified atom stereocenters. The number of carboxylic acid groups (broad SMARTS) is 1. The van der Waals surface area contributed by atoms with Gasteiger partial charge in [0.2, 0.25) is 0 Å². The fourth-order valence-electron chi connectivity index (χ4n) is 0.677. The zero-order valence-electron chi connectivity index (χ0n) is 8.03. The normalized spacial score (nSPS) is 10.4. The highest BCUT2D eigenvalue weighted by atomic mass is 19.4. The van der Waals surface area contributed by atoms with Crippen LogP contribution < -0.4 is 0 Å². The lowest BCUT2D eigenvalue weighted by Gasteiger charge is -1.93. The number of rotatable bonds is 2. The first-order valence-electron chi connectivity index (χ1n) is 4.13. The van der Waals surface area contributed by atoms with Gasteiger partial charge in [-0.1, -0.05) is 6.92 Å². The van der Waals surface area contributed by atoms with E-state index >= 15 is 0 Å². The predicted octanol–water partition coefficient (Wildman–Crippen LogP) is 1.93. The highest BCUT2D eigenvalue weighted by Gasteiger charge is 2.38. The Morgan fingerprint density at radius 1 is 1.53 bits per heavy atom. The number of imidazole rings is 1. The molecule has 0 atom stereocenters. The van der Waals surface area contributed by atoms with E-state index in [9.17, 15) is 13.2 Å². The van der Waals surface area contributed by atoms with E-state index in [0.29, 0.717) is 0 Å². The molecule has 1 rings (SSSR count). The topological polar surface area (TPSA) is 55.1 Å². The second-order valence-electron chi connectivity index (χ2n) is 2.60. The number of carbonyl (C=O) groups is 1. The quantitative estimate of drug-likeness (QED) is 0.834. The van der Waals surface area contributed by atoms with Gasteiger partial charge in [0, 0.05) is 18.9 Å². The minimum atomic E-state index is -5.08. The molecule has 0 amide bonds. The van der Waals surface area contributed by atoms with E-state index in [1.54, 1.807) is 6.20 Å². The molecular weight excluding hydrogens is 213 g/mol. The van der Waals surface area contributed by atoms with Crippen LogP contribution in [-0.2, 0) is 11.3 Å². The number of aromatic nitrogens is 2. The number of nitrogens with zero attached hydrogens (tertiary/aromatic N) is 2. The van der Waals surface area contributed by atoms with Gasteiger partial charge in [-0.2, -0.15) is 13.2 Å². The van der Waals surface area contributed by atoms with Crippen molar-refractivity contribution in [1.82, 2.24) is 9.55 Å². The fraction of sp³-hybridized carbons (Fsp3) is 0.500. The molecule has 0 saturated heterocycles. The lowest BCUT2D eigenvalue weighted by molar-refractivity contribution is -0.192. The Kier molecular flexibility index (Phi) is 5.43. The highest BCUT2D eigenvalue weighted by Crippen LogP contribution is 2.13. The van der Waals surface area contributed by atoms with Crippen molar-refractivity contribution in [3.8, 4) is 0 Å². The highest BCUT2D eigenvalue weighted by molar-refractivity contribution is 5.73. The van der Waals surface area contributed by atoms with Crippen LogP contribution in [0.2, 0.25) is 0 Å². The molecule has 7 heteroatoms. The molecule has 0 spiro atoms. The van der Waals surface area contributed by atoms with Crippen molar-refractivity contribution in [2.24, 2.45) is 0 Å². The summed E-state index contributed by atoms with van der Waals surface area (Å²) in [6.07, 6.45) is 1.71. The van der Waals surface area contributed by atoms with E-state index in [1.807, 2.05) is 12.5 Å². The van der Waals surface area contributed by atoms with Gasteiger partial charge in [-0.15, -0.1) is 0 Å². The van der Waals surface area contributed by atoms with Crippen LogP contribution in [0.1, 0.15) is 13.3 Å². The predicted molar refractivity (Wildman–Crippen MR) is 46.2 cm³/mol. The molecule has 1 aromatic heterocycles. The van der Waals surface area contributed by atoms with E-state index < -0.39 is 12.1 Å². The monoisotopic (exact) mass is 224 g/mol. The number of hydrogen-bond acceptors (Lipinski definition) is 2. The average molecular weight is 224 g/mol. The Morgan fingerprint density at radius 3 is 2.33 bits per heavy atom. The second kappa shape index (κ2) is 6.05. The molecule has 0 bridgehead atoms. The van der Waals surface area contributed by atoms with Crippen LogP contribution in [0.15, 0.2) is 18.7 Å². The third-order valence-corrected chi connectivity index (χ3v) is 1.28. The average Bonchev–Trinajstić information content (AvgIpc) is 2.57. The molecule has 0 aliphatic heterocycles. The Bertz CT molecular complexity index is 283. The van der Waals surface area contributed by atoms with E-state index in [0.717, 1.165) is 6.54 Å². The van der Waals surface area contributed by atoms with Crippen LogP contribution in [0.4, 0.5) is 13.2 Å². The van der Waals surface area contributed by atoms with Gasteiger partial charge in [0.05, 0.1) is 6.33 Å². The standard InChI is InChI=1S/C6H10N2.C2HF3O2/c1-2-4-8-5-3-7-6-8;3-2(4,5)1(6)7/h3,5-6H,2,4H2,1H3;(H,6,7). The fourth-order valence-corrected chi connectivity index (χ4v) is 0.677. The minimum absolute atomic E-state index is 1.08. The van der Waals surface area contributed by atoms with E-state index in [1.165, 1.54) is 6.42 Å². The Labute approximate surface area is 84.4 Å². The van der Waals surface area contributed by atoms with E-state index in [-0.39, 0.29) is 0 Å². The van der Waals surface area contributed by atoms with Crippen LogP contribution in [0.5, 0.6) is 0 Å². The lowest BCUT2D eigenvalue weighted by atomic mass is 10.5.